The Hall–Kier alpha value is -6.38. The highest BCUT2D eigenvalue weighted by atomic mass is 19.2. The average Bonchev–Trinajstić information content (AvgIpc) is 3.71. The molecule has 1 saturated heterocycles. The summed E-state index contributed by atoms with van der Waals surface area (Å²) in [6.07, 6.45) is 11.2. The van der Waals surface area contributed by atoms with E-state index in [-0.39, 0.29) is 43.0 Å². The second-order valence-electron chi connectivity index (χ2n) is 14.0. The van der Waals surface area contributed by atoms with E-state index in [0.29, 0.717) is 41.4 Å². The summed E-state index contributed by atoms with van der Waals surface area (Å²) in [5, 5.41) is 8.33. The van der Waals surface area contributed by atoms with E-state index in [2.05, 4.69) is 30.8 Å². The van der Waals surface area contributed by atoms with Crippen molar-refractivity contribution in [2.24, 2.45) is 12.0 Å². The first-order valence-electron chi connectivity index (χ1n) is 18.8. The fourth-order valence-corrected chi connectivity index (χ4v) is 6.84. The molecule has 1 unspecified atom stereocenters. The van der Waals surface area contributed by atoms with Gasteiger partial charge in [0.1, 0.15) is 29.3 Å². The Morgan fingerprint density at radius 1 is 1.04 bits per heavy atom. The molecule has 0 spiro atoms. The number of ether oxygens (including phenoxy) is 1. The summed E-state index contributed by atoms with van der Waals surface area (Å²) in [7, 11) is -0.920. The third kappa shape index (κ3) is 10.3. The second kappa shape index (κ2) is 18.5. The molecule has 0 radical (unpaired) electrons. The van der Waals surface area contributed by atoms with Gasteiger partial charge in [0.15, 0.2) is 5.65 Å². The van der Waals surface area contributed by atoms with E-state index in [4.69, 9.17) is 15.6 Å². The van der Waals surface area contributed by atoms with Gasteiger partial charge in [-0.2, -0.15) is 5.10 Å². The molecule has 0 bridgehead atoms. The van der Waals surface area contributed by atoms with Crippen LogP contribution in [0.5, 0.6) is 11.5 Å². The number of rotatable bonds is 14. The van der Waals surface area contributed by atoms with Crippen LogP contribution in [0.3, 0.4) is 0 Å². The number of hydrogen-bond donors (Lipinski definition) is 2. The molecule has 15 heteroatoms. The van der Waals surface area contributed by atoms with E-state index in [1.807, 2.05) is 93.2 Å². The summed E-state index contributed by atoms with van der Waals surface area (Å²) < 4.78 is 36.3. The van der Waals surface area contributed by atoms with Gasteiger partial charge >= 0.3 is 7.40 Å². The third-order valence-corrected chi connectivity index (χ3v) is 9.85. The Morgan fingerprint density at radius 2 is 1.79 bits per heavy atom. The molecule has 3 N–H and O–H groups in total. The van der Waals surface area contributed by atoms with Gasteiger partial charge in [-0.25, -0.2) is 14.6 Å². The zero-order valence-corrected chi connectivity index (χ0v) is 32.5. The lowest BCUT2D eigenvalue weighted by Crippen LogP contribution is -2.40. The van der Waals surface area contributed by atoms with Gasteiger partial charge < -0.3 is 25.3 Å². The number of likely N-dealkylation sites (tertiary alicyclic amines) is 1. The molecule has 2 aromatic carbocycles. The summed E-state index contributed by atoms with van der Waals surface area (Å²) in [6, 6.07) is 19.0. The highest BCUT2D eigenvalue weighted by molar-refractivity contribution is 6.43. The number of benzene rings is 2. The maximum absolute atomic E-state index is 13.3. The van der Waals surface area contributed by atoms with E-state index in [1.54, 1.807) is 17.1 Å². The van der Waals surface area contributed by atoms with Crippen LogP contribution in [0.2, 0.25) is 0 Å². The van der Waals surface area contributed by atoms with Crippen molar-refractivity contribution < 1.29 is 23.0 Å². The first kappa shape index (κ1) is 40.3. The lowest BCUT2D eigenvalue weighted by atomic mass is 10.1. The Bertz CT molecular complexity index is 2330. The molecule has 294 valence electrons. The molecule has 2 amide bonds. The Balaban J connectivity index is 1.03. The highest BCUT2D eigenvalue weighted by Crippen LogP contribution is 2.35. The highest BCUT2D eigenvalue weighted by Gasteiger charge is 2.28. The number of nitrogens with two attached hydrogens (primary N) is 1. The molecule has 1 aliphatic rings. The first-order valence-corrected chi connectivity index (χ1v) is 18.8. The van der Waals surface area contributed by atoms with Crippen LogP contribution in [-0.2, 0) is 16.6 Å². The summed E-state index contributed by atoms with van der Waals surface area (Å²) in [5.74, 6) is 1.18. The SMILES string of the molecule is CC(/C=C\C(CCC(=O)NC/C=C/C(=O)N1CCCC(n2nc(-c3ccc(Oc4ccccc4)cc3)c3c(N)ncnc32)C1)=NB(F)F)=C\c1c(C)cc(C)n1C. The third-order valence-electron chi connectivity index (χ3n) is 9.85. The van der Waals surface area contributed by atoms with Crippen LogP contribution in [0.4, 0.5) is 14.4 Å². The molecule has 5 aromatic rings. The Labute approximate surface area is 331 Å². The number of aryl methyl sites for hydroxylation is 2. The van der Waals surface area contributed by atoms with E-state index in [9.17, 15) is 18.2 Å². The predicted octanol–water partition coefficient (Wildman–Crippen LogP) is 7.46. The van der Waals surface area contributed by atoms with Gasteiger partial charge in [-0.3, -0.25) is 23.1 Å². The largest absolute Gasteiger partial charge is 0.692 e. The maximum Gasteiger partial charge on any atom is 0.692 e. The molecule has 57 heavy (non-hydrogen) atoms. The van der Waals surface area contributed by atoms with Crippen molar-refractivity contribution in [3.63, 3.8) is 0 Å². The second-order valence-corrected chi connectivity index (χ2v) is 14.0. The molecular formula is C42H46BF2N9O3. The standard InChI is InChI=1S/C42H46BF2N9O3/c1-28(24-36-29(2)25-30(3)52(36)4)14-17-32(50-43(44)45)18-21-37(55)47-22-8-13-38(56)53-23-9-10-33(26-53)54-42-39(41(46)48-27-49-42)40(51-54)31-15-19-35(20-16-31)57-34-11-6-5-7-12-34/h5-8,11-17,19-20,24-25,27,33H,9-10,18,21-23,26H2,1-4H3,(H,47,55)(H2,46,48,49)/b13-8+,17-14-,28-24+,50-32?. The molecule has 0 saturated carbocycles. The number of carbonyl (C=O) groups is 2. The molecule has 6 rings (SSSR count). The van der Waals surface area contributed by atoms with E-state index in [0.717, 1.165) is 46.7 Å². The number of carbonyl (C=O) groups excluding carboxylic acids is 2. The van der Waals surface area contributed by atoms with Crippen molar-refractivity contribution in [2.75, 3.05) is 25.4 Å². The molecule has 3 aromatic heterocycles. The van der Waals surface area contributed by atoms with Gasteiger partial charge in [0.25, 0.3) is 0 Å². The quantitative estimate of drug-likeness (QED) is 0.0516. The summed E-state index contributed by atoms with van der Waals surface area (Å²) in [5.41, 5.74) is 12.7. The molecule has 12 nitrogen and oxygen atoms in total. The zero-order valence-electron chi connectivity index (χ0n) is 32.5. The van der Waals surface area contributed by atoms with Crippen molar-refractivity contribution in [3.8, 4) is 22.8 Å². The van der Waals surface area contributed by atoms with Crippen molar-refractivity contribution in [1.29, 1.82) is 0 Å². The molecule has 1 atom stereocenters. The van der Waals surface area contributed by atoms with Crippen LogP contribution >= 0.6 is 0 Å². The minimum absolute atomic E-state index is 0.0361. The number of hydrogen-bond acceptors (Lipinski definition) is 8. The topological polar surface area (TPSA) is 146 Å². The summed E-state index contributed by atoms with van der Waals surface area (Å²) in [4.78, 5) is 39.8. The van der Waals surface area contributed by atoms with Crippen LogP contribution in [0.25, 0.3) is 28.4 Å². The van der Waals surface area contributed by atoms with Crippen molar-refractivity contribution in [1.82, 2.24) is 34.5 Å². The van der Waals surface area contributed by atoms with Crippen molar-refractivity contribution in [3.05, 3.63) is 114 Å². The number of piperidine rings is 1. The zero-order chi connectivity index (χ0) is 40.5. The molecule has 4 heterocycles. The lowest BCUT2D eigenvalue weighted by Gasteiger charge is -2.32. The number of anilines is 1. The van der Waals surface area contributed by atoms with Crippen LogP contribution in [0.15, 0.2) is 102 Å². The van der Waals surface area contributed by atoms with Gasteiger partial charge in [-0.1, -0.05) is 30.4 Å². The van der Waals surface area contributed by atoms with Gasteiger partial charge in [-0.15, -0.1) is 0 Å². The molecule has 0 aliphatic carbocycles. The van der Waals surface area contributed by atoms with E-state index in [1.165, 1.54) is 18.5 Å². The number of nitrogens with zero attached hydrogens (tertiary/aromatic N) is 7. The number of nitrogen functional groups attached to an aromatic ring is 1. The van der Waals surface area contributed by atoms with E-state index >= 15 is 0 Å². The number of halogens is 2. The van der Waals surface area contributed by atoms with Gasteiger partial charge in [-0.05, 0) is 106 Å². The van der Waals surface area contributed by atoms with Crippen molar-refractivity contribution in [2.45, 2.75) is 52.5 Å². The smallest absolute Gasteiger partial charge is 0.457 e. The van der Waals surface area contributed by atoms with Gasteiger partial charge in [0.2, 0.25) is 11.8 Å². The first-order chi connectivity index (χ1) is 27.5. The van der Waals surface area contributed by atoms with Crippen molar-refractivity contribution >= 4 is 47.9 Å². The van der Waals surface area contributed by atoms with Crippen LogP contribution in [-0.4, -0.2) is 73.8 Å². The average molecular weight is 774 g/mol. The number of aromatic nitrogens is 5. The molecule has 1 aliphatic heterocycles. The summed E-state index contributed by atoms with van der Waals surface area (Å²) >= 11 is 0. The minimum Gasteiger partial charge on any atom is -0.457 e. The van der Waals surface area contributed by atoms with Gasteiger partial charge in [0, 0.05) is 61.8 Å². The normalized spacial score (nSPS) is 15.2. The van der Waals surface area contributed by atoms with Crippen LogP contribution < -0.4 is 15.8 Å². The maximum atomic E-state index is 13.3. The lowest BCUT2D eigenvalue weighted by molar-refractivity contribution is -0.127. The number of para-hydroxylation sites is 1. The number of allylic oxidation sites excluding steroid dienone is 3. The number of fused-ring (bicyclic) bond motifs is 1. The Kier molecular flexibility index (Phi) is 13.1. The number of nitrogens with one attached hydrogen (secondary N) is 1. The molecular weight excluding hydrogens is 727 g/mol. The number of amides is 2. The predicted molar refractivity (Wildman–Crippen MR) is 221 cm³/mol. The molecule has 1 fully saturated rings. The van der Waals surface area contributed by atoms with Crippen LogP contribution in [0, 0.1) is 13.8 Å². The monoisotopic (exact) mass is 773 g/mol. The fraction of sp³-hybridized carbons (Fsp3) is 0.286. The summed E-state index contributed by atoms with van der Waals surface area (Å²) in [6.45, 7) is 6.99. The fourth-order valence-electron chi connectivity index (χ4n) is 6.84. The minimum atomic E-state index is -2.89. The van der Waals surface area contributed by atoms with Crippen LogP contribution in [0.1, 0.15) is 55.6 Å². The van der Waals surface area contributed by atoms with Gasteiger partial charge in [0.05, 0.1) is 11.4 Å². The Morgan fingerprint density at radius 3 is 2.51 bits per heavy atom. The van der Waals surface area contributed by atoms with E-state index < -0.39 is 7.40 Å².